The fourth-order valence-corrected chi connectivity index (χ4v) is 0.723. The van der Waals surface area contributed by atoms with Crippen LogP contribution in [-0.2, 0) is 6.18 Å². The Morgan fingerprint density at radius 1 is 1.33 bits per heavy atom. The van der Waals surface area contributed by atoms with Crippen LogP contribution in [0.15, 0.2) is 18.3 Å². The molecule has 0 amide bonds. The number of halogens is 3. The maximum Gasteiger partial charge on any atom is 0.422 e. The normalized spacial score (nSPS) is 11.7. The lowest BCUT2D eigenvalue weighted by Gasteiger charge is -2.06. The maximum absolute atomic E-state index is 11.9. The molecule has 1 aromatic rings. The van der Waals surface area contributed by atoms with E-state index < -0.39 is 11.7 Å². The summed E-state index contributed by atoms with van der Waals surface area (Å²) in [6, 6.07) is 2.01. The molecular weight excluding hydrogens is 171 g/mol. The number of aryl methyl sites for hydroxylation is 1. The third-order valence-corrected chi connectivity index (χ3v) is 1.44. The molecule has 0 bridgehead atoms. The Bertz CT molecular complexity index is 295. The van der Waals surface area contributed by atoms with Crippen molar-refractivity contribution in [3.8, 4) is 0 Å². The van der Waals surface area contributed by atoms with Crippen molar-refractivity contribution in [1.29, 1.82) is 0 Å². The summed E-state index contributed by atoms with van der Waals surface area (Å²) in [4.78, 5) is 0. The van der Waals surface area contributed by atoms with Crippen LogP contribution in [0.25, 0.3) is 0 Å². The smallest absolute Gasteiger partial charge is 0.422 e. The van der Waals surface area contributed by atoms with Crippen molar-refractivity contribution in [3.63, 3.8) is 0 Å². The quantitative estimate of drug-likeness (QED) is 0.437. The van der Waals surface area contributed by atoms with Crippen LogP contribution < -0.4 is 4.73 Å². The zero-order valence-electron chi connectivity index (χ0n) is 6.22. The minimum absolute atomic E-state index is 0.197. The Hall–Kier alpha value is -1.26. The van der Waals surface area contributed by atoms with E-state index in [4.69, 9.17) is 0 Å². The largest absolute Gasteiger partial charge is 0.618 e. The summed E-state index contributed by atoms with van der Waals surface area (Å²) in [5, 5.41) is 10.7. The van der Waals surface area contributed by atoms with Gasteiger partial charge in [0.1, 0.15) is 5.56 Å². The van der Waals surface area contributed by atoms with Crippen LogP contribution in [0, 0.1) is 12.1 Å². The number of hydrogen-bond donors (Lipinski definition) is 0. The average molecular weight is 177 g/mol. The molecule has 0 aromatic carbocycles. The van der Waals surface area contributed by atoms with Crippen molar-refractivity contribution in [3.05, 3.63) is 34.8 Å². The first-order valence-electron chi connectivity index (χ1n) is 3.18. The number of alkyl halides is 3. The fourth-order valence-electron chi connectivity index (χ4n) is 0.723. The van der Waals surface area contributed by atoms with Gasteiger partial charge in [-0.3, -0.25) is 0 Å². The summed E-state index contributed by atoms with van der Waals surface area (Å²) in [7, 11) is 0. The van der Waals surface area contributed by atoms with Gasteiger partial charge in [-0.1, -0.05) is 0 Å². The lowest BCUT2D eigenvalue weighted by Crippen LogP contribution is -2.31. The molecule has 1 aromatic heterocycles. The van der Waals surface area contributed by atoms with E-state index in [1.165, 1.54) is 6.92 Å². The molecule has 0 saturated heterocycles. The number of hydrogen-bond acceptors (Lipinski definition) is 1. The van der Waals surface area contributed by atoms with Crippen LogP contribution in [0.1, 0.15) is 11.3 Å². The van der Waals surface area contributed by atoms with Crippen molar-refractivity contribution in [2.75, 3.05) is 0 Å². The molecule has 5 heteroatoms. The number of nitrogens with zero attached hydrogens (tertiary/aromatic N) is 1. The molecule has 66 valence electrons. The molecule has 0 saturated carbocycles. The molecule has 1 rings (SSSR count). The molecule has 0 spiro atoms. The van der Waals surface area contributed by atoms with Gasteiger partial charge in [0.15, 0.2) is 11.9 Å². The zero-order valence-corrected chi connectivity index (χ0v) is 6.22. The first kappa shape index (κ1) is 8.83. The first-order valence-corrected chi connectivity index (χ1v) is 3.18. The summed E-state index contributed by atoms with van der Waals surface area (Å²) in [5.74, 6) is 0. The van der Waals surface area contributed by atoms with Gasteiger partial charge in [-0.15, -0.1) is 0 Å². The average Bonchev–Trinajstić information content (AvgIpc) is 1.92. The monoisotopic (exact) mass is 177 g/mol. The highest BCUT2D eigenvalue weighted by Crippen LogP contribution is 2.27. The van der Waals surface area contributed by atoms with Gasteiger partial charge in [-0.05, 0) is 6.07 Å². The second-order valence-electron chi connectivity index (χ2n) is 2.38. The van der Waals surface area contributed by atoms with E-state index in [1.807, 2.05) is 0 Å². The van der Waals surface area contributed by atoms with Crippen LogP contribution in [0.2, 0.25) is 0 Å². The minimum atomic E-state index is -4.44. The summed E-state index contributed by atoms with van der Waals surface area (Å²) in [5.41, 5.74) is -0.689. The highest BCUT2D eigenvalue weighted by molar-refractivity contribution is 5.12. The van der Waals surface area contributed by atoms with Crippen LogP contribution in [0.3, 0.4) is 0 Å². The van der Waals surface area contributed by atoms with Gasteiger partial charge >= 0.3 is 6.18 Å². The Labute approximate surface area is 66.8 Å². The molecule has 12 heavy (non-hydrogen) atoms. The molecule has 1 heterocycles. The minimum Gasteiger partial charge on any atom is -0.618 e. The maximum atomic E-state index is 11.9. The first-order chi connectivity index (χ1) is 5.41. The van der Waals surface area contributed by atoms with E-state index in [1.54, 1.807) is 0 Å². The van der Waals surface area contributed by atoms with E-state index in [0.29, 0.717) is 6.20 Å². The van der Waals surface area contributed by atoms with Crippen molar-refractivity contribution >= 4 is 0 Å². The number of rotatable bonds is 0. The molecule has 0 aliphatic rings. The summed E-state index contributed by atoms with van der Waals surface area (Å²) in [6.07, 6.45) is -3.92. The van der Waals surface area contributed by atoms with Gasteiger partial charge in [0.25, 0.3) is 0 Å². The Morgan fingerprint density at radius 3 is 2.33 bits per heavy atom. The fraction of sp³-hybridized carbons (Fsp3) is 0.286. The molecule has 0 N–H and O–H groups in total. The SMILES string of the molecule is Cc1ccc(C(F)(F)F)c[n+]1[O-]. The topological polar surface area (TPSA) is 26.9 Å². The van der Waals surface area contributed by atoms with Gasteiger partial charge < -0.3 is 5.21 Å². The van der Waals surface area contributed by atoms with Crippen molar-refractivity contribution in [2.45, 2.75) is 13.1 Å². The van der Waals surface area contributed by atoms with Crippen molar-refractivity contribution in [1.82, 2.24) is 0 Å². The second-order valence-corrected chi connectivity index (χ2v) is 2.38. The summed E-state index contributed by atoms with van der Waals surface area (Å²) < 4.78 is 36.0. The van der Waals surface area contributed by atoms with E-state index in [-0.39, 0.29) is 10.4 Å². The van der Waals surface area contributed by atoms with Crippen LogP contribution >= 0.6 is 0 Å². The molecule has 2 nitrogen and oxygen atoms in total. The molecule has 0 aliphatic heterocycles. The van der Waals surface area contributed by atoms with Gasteiger partial charge in [0.05, 0.1) is 0 Å². The Balaban J connectivity index is 3.14. The number of aromatic nitrogens is 1. The Morgan fingerprint density at radius 2 is 1.92 bits per heavy atom. The van der Waals surface area contributed by atoms with E-state index in [9.17, 15) is 18.4 Å². The molecular formula is C7H6F3NO. The van der Waals surface area contributed by atoms with Gasteiger partial charge in [-0.25, -0.2) is 0 Å². The summed E-state index contributed by atoms with van der Waals surface area (Å²) in [6.45, 7) is 1.44. The lowest BCUT2D eigenvalue weighted by molar-refractivity contribution is -0.613. The highest BCUT2D eigenvalue weighted by atomic mass is 19.4. The Kier molecular flexibility index (Phi) is 1.95. The van der Waals surface area contributed by atoms with Crippen LogP contribution in [-0.4, -0.2) is 0 Å². The molecule has 0 fully saturated rings. The highest BCUT2D eigenvalue weighted by Gasteiger charge is 2.32. The van der Waals surface area contributed by atoms with E-state index in [2.05, 4.69) is 0 Å². The molecule has 0 atom stereocenters. The van der Waals surface area contributed by atoms with Crippen LogP contribution in [0.4, 0.5) is 13.2 Å². The van der Waals surface area contributed by atoms with E-state index >= 15 is 0 Å². The second kappa shape index (κ2) is 2.66. The van der Waals surface area contributed by atoms with Gasteiger partial charge in [-0.2, -0.15) is 17.9 Å². The van der Waals surface area contributed by atoms with Crippen LogP contribution in [0.5, 0.6) is 0 Å². The van der Waals surface area contributed by atoms with Crippen molar-refractivity contribution < 1.29 is 17.9 Å². The van der Waals surface area contributed by atoms with E-state index in [0.717, 1.165) is 12.1 Å². The molecule has 0 aliphatic carbocycles. The third-order valence-electron chi connectivity index (χ3n) is 1.44. The predicted molar refractivity (Wildman–Crippen MR) is 35.1 cm³/mol. The molecule has 0 radical (unpaired) electrons. The predicted octanol–water partition coefficient (Wildman–Crippen LogP) is 1.65. The van der Waals surface area contributed by atoms with Crippen molar-refractivity contribution in [2.24, 2.45) is 0 Å². The lowest BCUT2D eigenvalue weighted by atomic mass is 10.2. The summed E-state index contributed by atoms with van der Waals surface area (Å²) >= 11 is 0. The van der Waals surface area contributed by atoms with Gasteiger partial charge in [0, 0.05) is 13.0 Å². The van der Waals surface area contributed by atoms with Gasteiger partial charge in [0.2, 0.25) is 0 Å². The zero-order chi connectivity index (χ0) is 9.35. The molecule has 0 unspecified atom stereocenters. The third kappa shape index (κ3) is 1.66. The number of pyridine rings is 1. The standard InChI is InChI=1S/C7H6F3NO/c1-5-2-3-6(4-11(5)12)7(8,9)10/h2-4H,1H3.